The molecule has 2 aromatic rings. The number of H-pyrrole nitrogens is 1. The number of aliphatic hydroxyl groups is 1. The zero-order chi connectivity index (χ0) is 16.1. The van der Waals surface area contributed by atoms with E-state index in [4.69, 9.17) is 0 Å². The number of carbonyl (C=O) groups is 1. The van der Waals surface area contributed by atoms with Crippen LogP contribution in [0.15, 0.2) is 24.3 Å². The van der Waals surface area contributed by atoms with Crippen molar-refractivity contribution < 1.29 is 9.90 Å². The number of hydrogen-bond acceptors (Lipinski definition) is 2. The molecule has 1 saturated carbocycles. The maximum Gasteiger partial charge on any atom is 0.268 e. The lowest BCUT2D eigenvalue weighted by Gasteiger charge is -2.19. The van der Waals surface area contributed by atoms with Gasteiger partial charge in [-0.3, -0.25) is 4.79 Å². The Balaban J connectivity index is 1.87. The lowest BCUT2D eigenvalue weighted by atomic mass is 9.86. The second-order valence-corrected chi connectivity index (χ2v) is 7.52. The van der Waals surface area contributed by atoms with Crippen molar-refractivity contribution in [2.45, 2.75) is 57.6 Å². The highest BCUT2D eigenvalue weighted by Gasteiger charge is 2.48. The van der Waals surface area contributed by atoms with E-state index >= 15 is 0 Å². The summed E-state index contributed by atoms with van der Waals surface area (Å²) < 4.78 is 0. The molecule has 0 radical (unpaired) electrons. The fourth-order valence-electron chi connectivity index (χ4n) is 2.80. The van der Waals surface area contributed by atoms with E-state index in [-0.39, 0.29) is 11.3 Å². The number of rotatable bonds is 3. The van der Waals surface area contributed by atoms with Gasteiger partial charge in [-0.25, -0.2) is 0 Å². The van der Waals surface area contributed by atoms with Crippen LogP contribution in [-0.4, -0.2) is 27.6 Å². The van der Waals surface area contributed by atoms with E-state index in [0.29, 0.717) is 5.69 Å². The molecule has 1 aromatic heterocycles. The molecule has 4 heteroatoms. The van der Waals surface area contributed by atoms with Crippen molar-refractivity contribution in [2.24, 2.45) is 0 Å². The van der Waals surface area contributed by atoms with Crippen molar-refractivity contribution in [3.63, 3.8) is 0 Å². The predicted octanol–water partition coefficient (Wildman–Crippen LogP) is 3.11. The van der Waals surface area contributed by atoms with E-state index in [2.05, 4.69) is 43.2 Å². The van der Waals surface area contributed by atoms with Gasteiger partial charge in [-0.1, -0.05) is 26.8 Å². The third-order valence-corrected chi connectivity index (χ3v) is 4.68. The Bertz CT molecular complexity index is 718. The number of aromatic amines is 1. The average molecular weight is 300 g/mol. The SMILES string of the molecule is CC(O)C1(NC(=O)c2cc3cc(C(C)(C)C)ccc3[nH]2)CC1. The van der Waals surface area contributed by atoms with Gasteiger partial charge in [0.05, 0.1) is 11.6 Å². The summed E-state index contributed by atoms with van der Waals surface area (Å²) in [5.41, 5.74) is 2.41. The molecule has 1 heterocycles. The lowest BCUT2D eigenvalue weighted by molar-refractivity contribution is 0.0827. The first-order valence-corrected chi connectivity index (χ1v) is 7.85. The Morgan fingerprint density at radius 3 is 2.55 bits per heavy atom. The largest absolute Gasteiger partial charge is 0.391 e. The summed E-state index contributed by atoms with van der Waals surface area (Å²) in [4.78, 5) is 15.6. The fraction of sp³-hybridized carbons (Fsp3) is 0.500. The summed E-state index contributed by atoms with van der Waals surface area (Å²) in [6, 6.07) is 8.13. The van der Waals surface area contributed by atoms with E-state index in [1.165, 1.54) is 5.56 Å². The Labute approximate surface area is 130 Å². The summed E-state index contributed by atoms with van der Waals surface area (Å²) in [6.45, 7) is 8.25. The van der Waals surface area contributed by atoms with Gasteiger partial charge in [-0.2, -0.15) is 0 Å². The molecule has 1 unspecified atom stereocenters. The van der Waals surface area contributed by atoms with Gasteiger partial charge >= 0.3 is 0 Å². The van der Waals surface area contributed by atoms with Crippen LogP contribution < -0.4 is 5.32 Å². The molecule has 0 spiro atoms. The van der Waals surface area contributed by atoms with Crippen LogP contribution in [0.2, 0.25) is 0 Å². The van der Waals surface area contributed by atoms with E-state index < -0.39 is 11.6 Å². The molecule has 3 N–H and O–H groups in total. The molecule has 1 aromatic carbocycles. The molecule has 22 heavy (non-hydrogen) atoms. The minimum absolute atomic E-state index is 0.0816. The monoisotopic (exact) mass is 300 g/mol. The van der Waals surface area contributed by atoms with E-state index in [0.717, 1.165) is 23.7 Å². The van der Waals surface area contributed by atoms with Crippen LogP contribution in [0.5, 0.6) is 0 Å². The number of aliphatic hydroxyl groups excluding tert-OH is 1. The van der Waals surface area contributed by atoms with Gasteiger partial charge in [-0.05, 0) is 48.9 Å². The van der Waals surface area contributed by atoms with Gasteiger partial charge < -0.3 is 15.4 Å². The number of aromatic nitrogens is 1. The normalized spacial score (nSPS) is 18.2. The molecule has 1 fully saturated rings. The smallest absolute Gasteiger partial charge is 0.268 e. The van der Waals surface area contributed by atoms with E-state index in [1.807, 2.05) is 12.1 Å². The van der Waals surface area contributed by atoms with Gasteiger partial charge in [0, 0.05) is 10.9 Å². The Morgan fingerprint density at radius 2 is 2.00 bits per heavy atom. The quantitative estimate of drug-likeness (QED) is 0.815. The Morgan fingerprint density at radius 1 is 1.32 bits per heavy atom. The third-order valence-electron chi connectivity index (χ3n) is 4.68. The standard InChI is InChI=1S/C18H24N2O2/c1-11(21)18(7-8-18)20-16(22)15-10-12-9-13(17(2,3)4)5-6-14(12)19-15/h5-6,9-11,19,21H,7-8H2,1-4H3,(H,20,22). The fourth-order valence-corrected chi connectivity index (χ4v) is 2.80. The van der Waals surface area contributed by atoms with Crippen LogP contribution in [0.25, 0.3) is 10.9 Å². The molecule has 0 bridgehead atoms. The van der Waals surface area contributed by atoms with Crippen molar-refractivity contribution in [3.8, 4) is 0 Å². The molecule has 0 aliphatic heterocycles. The summed E-state index contributed by atoms with van der Waals surface area (Å²) in [7, 11) is 0. The first-order valence-electron chi connectivity index (χ1n) is 7.85. The third kappa shape index (κ3) is 2.63. The van der Waals surface area contributed by atoms with Gasteiger partial charge in [0.2, 0.25) is 0 Å². The summed E-state index contributed by atoms with van der Waals surface area (Å²) in [6.07, 6.45) is 1.16. The minimum Gasteiger partial charge on any atom is -0.391 e. The van der Waals surface area contributed by atoms with Crippen molar-refractivity contribution in [1.29, 1.82) is 0 Å². The van der Waals surface area contributed by atoms with Crippen LogP contribution >= 0.6 is 0 Å². The molecule has 0 saturated heterocycles. The average Bonchev–Trinajstić information content (AvgIpc) is 3.08. The van der Waals surface area contributed by atoms with Gasteiger partial charge in [0.1, 0.15) is 5.69 Å². The zero-order valence-corrected chi connectivity index (χ0v) is 13.7. The summed E-state index contributed by atoms with van der Waals surface area (Å²) in [5.74, 6) is -0.146. The van der Waals surface area contributed by atoms with Crippen molar-refractivity contribution >= 4 is 16.8 Å². The molecule has 4 nitrogen and oxygen atoms in total. The van der Waals surface area contributed by atoms with Crippen molar-refractivity contribution in [3.05, 3.63) is 35.5 Å². The van der Waals surface area contributed by atoms with Crippen LogP contribution in [0.4, 0.5) is 0 Å². The highest BCUT2D eigenvalue weighted by atomic mass is 16.3. The summed E-state index contributed by atoms with van der Waals surface area (Å²) in [5, 5.41) is 13.8. The topological polar surface area (TPSA) is 65.1 Å². The molecule has 1 atom stereocenters. The molecule has 1 aliphatic rings. The molecule has 118 valence electrons. The molecular formula is C18H24N2O2. The maximum absolute atomic E-state index is 12.4. The molecule has 3 rings (SSSR count). The molecule has 1 aliphatic carbocycles. The van der Waals surface area contributed by atoms with Crippen LogP contribution in [0.1, 0.15) is 56.6 Å². The number of fused-ring (bicyclic) bond motifs is 1. The van der Waals surface area contributed by atoms with Crippen molar-refractivity contribution in [2.75, 3.05) is 0 Å². The van der Waals surface area contributed by atoms with E-state index in [9.17, 15) is 9.90 Å². The lowest BCUT2D eigenvalue weighted by Crippen LogP contribution is -2.44. The Kier molecular flexibility index (Phi) is 3.33. The highest BCUT2D eigenvalue weighted by Crippen LogP contribution is 2.39. The number of nitrogens with one attached hydrogen (secondary N) is 2. The first kappa shape index (κ1) is 15.1. The highest BCUT2D eigenvalue weighted by molar-refractivity contribution is 5.98. The molecular weight excluding hydrogens is 276 g/mol. The molecule has 1 amide bonds. The number of benzene rings is 1. The second-order valence-electron chi connectivity index (χ2n) is 7.52. The second kappa shape index (κ2) is 4.85. The van der Waals surface area contributed by atoms with Gasteiger partial charge in [0.25, 0.3) is 5.91 Å². The van der Waals surface area contributed by atoms with E-state index in [1.54, 1.807) is 6.92 Å². The predicted molar refractivity (Wildman–Crippen MR) is 88.1 cm³/mol. The van der Waals surface area contributed by atoms with Gasteiger partial charge in [0.15, 0.2) is 0 Å². The van der Waals surface area contributed by atoms with Gasteiger partial charge in [-0.15, -0.1) is 0 Å². The summed E-state index contributed by atoms with van der Waals surface area (Å²) >= 11 is 0. The number of carbonyl (C=O) groups excluding carboxylic acids is 1. The van der Waals surface area contributed by atoms with Crippen LogP contribution in [0.3, 0.4) is 0 Å². The maximum atomic E-state index is 12.4. The van der Waals surface area contributed by atoms with Crippen LogP contribution in [-0.2, 0) is 5.41 Å². The Hall–Kier alpha value is -1.81. The first-order chi connectivity index (χ1) is 10.2. The minimum atomic E-state index is -0.520. The number of amides is 1. The number of hydrogen-bond donors (Lipinski definition) is 3. The van der Waals surface area contributed by atoms with Crippen molar-refractivity contribution in [1.82, 2.24) is 10.3 Å². The van der Waals surface area contributed by atoms with Crippen LogP contribution in [0, 0.1) is 0 Å². The zero-order valence-electron chi connectivity index (χ0n) is 13.7.